The smallest absolute Gasteiger partial charge is 0.231 e. The van der Waals surface area contributed by atoms with Crippen LogP contribution >= 0.6 is 0 Å². The van der Waals surface area contributed by atoms with Gasteiger partial charge in [-0.2, -0.15) is 0 Å². The molecule has 5 rings (SSSR count). The maximum Gasteiger partial charge on any atom is 0.231 e. The first-order chi connectivity index (χ1) is 14.1. The fourth-order valence-electron chi connectivity index (χ4n) is 4.14. The second kappa shape index (κ2) is 6.99. The van der Waals surface area contributed by atoms with Crippen molar-refractivity contribution in [1.82, 2.24) is 10.1 Å². The standard InChI is InChI=1S/C22H22N2O5/c1-22(11-15-4-5-18-19(9-15)28-14-27-18)7-6-21(25)24(13-22)12-16-10-20(29-23-16)17-3-2-8-26-17/h2-5,8-10H,6-7,11-14H2,1H3. The monoisotopic (exact) mass is 394 g/mol. The number of fused-ring (bicyclic) bond motifs is 1. The van der Waals surface area contributed by atoms with Gasteiger partial charge in [0, 0.05) is 19.0 Å². The van der Waals surface area contributed by atoms with Gasteiger partial charge in [-0.05, 0) is 48.1 Å². The van der Waals surface area contributed by atoms with Gasteiger partial charge in [0.15, 0.2) is 17.3 Å². The van der Waals surface area contributed by atoms with E-state index < -0.39 is 0 Å². The van der Waals surface area contributed by atoms with E-state index in [9.17, 15) is 4.79 Å². The van der Waals surface area contributed by atoms with Crippen molar-refractivity contribution >= 4 is 5.91 Å². The fourth-order valence-corrected chi connectivity index (χ4v) is 4.14. The average Bonchev–Trinajstić information content (AvgIpc) is 3.45. The van der Waals surface area contributed by atoms with Crippen LogP contribution in [0.4, 0.5) is 0 Å². The second-order valence-electron chi connectivity index (χ2n) is 8.08. The minimum atomic E-state index is -0.0187. The van der Waals surface area contributed by atoms with Gasteiger partial charge < -0.3 is 23.3 Å². The molecule has 2 aliphatic heterocycles. The Hall–Kier alpha value is -3.22. The number of carbonyl (C=O) groups excluding carboxylic acids is 1. The number of rotatable bonds is 5. The lowest BCUT2D eigenvalue weighted by molar-refractivity contribution is -0.138. The Labute approximate surface area is 168 Å². The van der Waals surface area contributed by atoms with E-state index in [0.29, 0.717) is 31.0 Å². The molecule has 0 saturated carbocycles. The summed E-state index contributed by atoms with van der Waals surface area (Å²) in [6.45, 7) is 3.60. The number of aromatic nitrogens is 1. The van der Waals surface area contributed by atoms with Crippen molar-refractivity contribution in [3.8, 4) is 23.0 Å². The third-order valence-electron chi connectivity index (χ3n) is 5.61. The second-order valence-corrected chi connectivity index (χ2v) is 8.08. The van der Waals surface area contributed by atoms with E-state index >= 15 is 0 Å². The lowest BCUT2D eigenvalue weighted by atomic mass is 9.76. The molecule has 7 nitrogen and oxygen atoms in total. The molecule has 1 unspecified atom stereocenters. The predicted molar refractivity (Wildman–Crippen MR) is 103 cm³/mol. The Kier molecular flexibility index (Phi) is 4.30. The van der Waals surface area contributed by atoms with E-state index in [-0.39, 0.29) is 18.1 Å². The molecule has 0 spiro atoms. The number of ether oxygens (including phenoxy) is 2. The van der Waals surface area contributed by atoms with Crippen LogP contribution in [0.15, 0.2) is 51.6 Å². The Morgan fingerprint density at radius 2 is 2.03 bits per heavy atom. The Bertz CT molecular complexity index is 1030. The van der Waals surface area contributed by atoms with Crippen LogP contribution in [0.3, 0.4) is 0 Å². The summed E-state index contributed by atoms with van der Waals surface area (Å²) in [6, 6.07) is 11.5. The summed E-state index contributed by atoms with van der Waals surface area (Å²) >= 11 is 0. The molecular formula is C22H22N2O5. The van der Waals surface area contributed by atoms with E-state index in [2.05, 4.69) is 18.1 Å². The summed E-state index contributed by atoms with van der Waals surface area (Å²) in [5.41, 5.74) is 1.89. The van der Waals surface area contributed by atoms with E-state index in [1.54, 1.807) is 12.3 Å². The molecule has 7 heteroatoms. The molecule has 1 aromatic carbocycles. The molecule has 29 heavy (non-hydrogen) atoms. The molecule has 0 radical (unpaired) electrons. The first-order valence-corrected chi connectivity index (χ1v) is 9.74. The number of piperidine rings is 1. The number of carbonyl (C=O) groups is 1. The van der Waals surface area contributed by atoms with Crippen molar-refractivity contribution < 1.29 is 23.2 Å². The highest BCUT2D eigenvalue weighted by Gasteiger charge is 2.35. The summed E-state index contributed by atoms with van der Waals surface area (Å²) in [5, 5.41) is 4.11. The summed E-state index contributed by atoms with van der Waals surface area (Å²) in [5.74, 6) is 2.93. The SMILES string of the molecule is CC1(Cc2ccc3c(c2)OCO3)CCC(=O)N(Cc2cc(-c3ccco3)on2)C1. The zero-order chi connectivity index (χ0) is 19.8. The molecule has 150 valence electrons. The zero-order valence-electron chi connectivity index (χ0n) is 16.2. The molecular weight excluding hydrogens is 372 g/mol. The average molecular weight is 394 g/mol. The maximum atomic E-state index is 12.5. The highest BCUT2D eigenvalue weighted by atomic mass is 16.7. The molecule has 0 N–H and O–H groups in total. The Morgan fingerprint density at radius 1 is 1.14 bits per heavy atom. The van der Waals surface area contributed by atoms with Crippen molar-refractivity contribution in [1.29, 1.82) is 0 Å². The number of hydrogen-bond donors (Lipinski definition) is 0. The van der Waals surface area contributed by atoms with E-state index in [1.165, 1.54) is 5.56 Å². The van der Waals surface area contributed by atoms with Gasteiger partial charge in [0.25, 0.3) is 0 Å². The van der Waals surface area contributed by atoms with Crippen LogP contribution in [0.1, 0.15) is 31.0 Å². The number of amides is 1. The summed E-state index contributed by atoms with van der Waals surface area (Å²) in [4.78, 5) is 14.4. The molecule has 3 aromatic rings. The van der Waals surface area contributed by atoms with Gasteiger partial charge in [-0.15, -0.1) is 0 Å². The van der Waals surface area contributed by atoms with Gasteiger partial charge in [0.05, 0.1) is 12.8 Å². The predicted octanol–water partition coefficient (Wildman–Crippen LogP) is 4.03. The maximum absolute atomic E-state index is 12.5. The summed E-state index contributed by atoms with van der Waals surface area (Å²) in [7, 11) is 0. The van der Waals surface area contributed by atoms with Gasteiger partial charge in [0.2, 0.25) is 18.5 Å². The normalized spacial score (nSPS) is 21.0. The summed E-state index contributed by atoms with van der Waals surface area (Å²) < 4.78 is 21.6. The molecule has 1 amide bonds. The molecule has 0 aliphatic carbocycles. The van der Waals surface area contributed by atoms with Crippen molar-refractivity contribution in [3.05, 3.63) is 53.9 Å². The van der Waals surface area contributed by atoms with Crippen LogP contribution in [0.2, 0.25) is 0 Å². The highest BCUT2D eigenvalue weighted by Crippen LogP contribution is 2.38. The van der Waals surface area contributed by atoms with Gasteiger partial charge in [-0.3, -0.25) is 4.79 Å². The largest absolute Gasteiger partial charge is 0.461 e. The van der Waals surface area contributed by atoms with E-state index in [1.807, 2.05) is 29.2 Å². The number of likely N-dealkylation sites (tertiary alicyclic amines) is 1. The minimum Gasteiger partial charge on any atom is -0.461 e. The quantitative estimate of drug-likeness (QED) is 0.650. The molecule has 4 heterocycles. The molecule has 2 aliphatic rings. The van der Waals surface area contributed by atoms with E-state index in [0.717, 1.165) is 30.0 Å². The lowest BCUT2D eigenvalue weighted by Crippen LogP contribution is -2.45. The van der Waals surface area contributed by atoms with Gasteiger partial charge in [-0.25, -0.2) is 0 Å². The first-order valence-electron chi connectivity index (χ1n) is 9.74. The molecule has 1 atom stereocenters. The minimum absolute atomic E-state index is 0.0187. The van der Waals surface area contributed by atoms with Crippen LogP contribution in [-0.2, 0) is 17.8 Å². The fraction of sp³-hybridized carbons (Fsp3) is 0.364. The number of nitrogens with zero attached hydrogens (tertiary/aromatic N) is 2. The highest BCUT2D eigenvalue weighted by molar-refractivity contribution is 5.77. The first kappa shape index (κ1) is 17.8. The van der Waals surface area contributed by atoms with Crippen molar-refractivity contribution in [3.63, 3.8) is 0 Å². The molecule has 0 bridgehead atoms. The number of furan rings is 1. The van der Waals surface area contributed by atoms with Crippen LogP contribution in [0, 0.1) is 5.41 Å². The third kappa shape index (κ3) is 3.60. The molecule has 1 saturated heterocycles. The van der Waals surface area contributed by atoms with Crippen LogP contribution in [0.5, 0.6) is 11.5 Å². The van der Waals surface area contributed by atoms with Crippen molar-refractivity contribution in [2.75, 3.05) is 13.3 Å². The zero-order valence-corrected chi connectivity index (χ0v) is 16.2. The van der Waals surface area contributed by atoms with Gasteiger partial charge >= 0.3 is 0 Å². The van der Waals surface area contributed by atoms with Crippen molar-refractivity contribution in [2.24, 2.45) is 5.41 Å². The van der Waals surface area contributed by atoms with Gasteiger partial charge in [0.1, 0.15) is 5.69 Å². The Balaban J connectivity index is 1.29. The summed E-state index contributed by atoms with van der Waals surface area (Å²) in [6.07, 6.45) is 3.84. The van der Waals surface area contributed by atoms with E-state index in [4.69, 9.17) is 18.4 Å². The molecule has 2 aromatic heterocycles. The van der Waals surface area contributed by atoms with Crippen LogP contribution in [0.25, 0.3) is 11.5 Å². The number of benzene rings is 1. The third-order valence-corrected chi connectivity index (χ3v) is 5.61. The van der Waals surface area contributed by atoms with Crippen LogP contribution < -0.4 is 9.47 Å². The van der Waals surface area contributed by atoms with Crippen molar-refractivity contribution in [2.45, 2.75) is 32.7 Å². The number of hydrogen-bond acceptors (Lipinski definition) is 6. The van der Waals surface area contributed by atoms with Crippen LogP contribution in [-0.4, -0.2) is 29.3 Å². The van der Waals surface area contributed by atoms with Gasteiger partial charge in [-0.1, -0.05) is 18.1 Å². The molecule has 1 fully saturated rings. The topological polar surface area (TPSA) is 77.9 Å². The Morgan fingerprint density at radius 3 is 2.90 bits per heavy atom. The lowest BCUT2D eigenvalue weighted by Gasteiger charge is -2.40.